The lowest BCUT2D eigenvalue weighted by Gasteiger charge is -2.09. The molecule has 2 aromatic carbocycles. The molecule has 0 spiro atoms. The number of rotatable bonds is 6. The van der Waals surface area contributed by atoms with E-state index >= 15 is 0 Å². The molecule has 0 aliphatic rings. The first kappa shape index (κ1) is 18.4. The number of aryl methyl sites for hydroxylation is 1. The second-order valence-corrected chi connectivity index (χ2v) is 5.97. The van der Waals surface area contributed by atoms with Crippen LogP contribution in [-0.4, -0.2) is 15.9 Å². The summed E-state index contributed by atoms with van der Waals surface area (Å²) in [5.74, 6) is -0.0235. The van der Waals surface area contributed by atoms with Crippen molar-refractivity contribution in [3.63, 3.8) is 0 Å². The van der Waals surface area contributed by atoms with Crippen LogP contribution in [0.25, 0.3) is 0 Å². The fourth-order valence-electron chi connectivity index (χ4n) is 2.44. The van der Waals surface area contributed by atoms with Crippen molar-refractivity contribution in [1.82, 2.24) is 15.3 Å². The molecule has 0 fully saturated rings. The maximum absolute atomic E-state index is 13.0. The number of nitrogens with one attached hydrogen (secondary N) is 2. The van der Waals surface area contributed by atoms with Crippen LogP contribution < -0.4 is 10.6 Å². The van der Waals surface area contributed by atoms with Crippen LogP contribution in [0.1, 0.15) is 27.4 Å². The van der Waals surface area contributed by atoms with E-state index in [1.165, 1.54) is 24.3 Å². The van der Waals surface area contributed by atoms with E-state index in [0.29, 0.717) is 18.2 Å². The highest BCUT2D eigenvalue weighted by molar-refractivity contribution is 5.92. The van der Waals surface area contributed by atoms with Crippen molar-refractivity contribution < 1.29 is 13.6 Å². The summed E-state index contributed by atoms with van der Waals surface area (Å²) in [7, 11) is 0. The first-order chi connectivity index (χ1) is 13.0. The van der Waals surface area contributed by atoms with Gasteiger partial charge in [-0.3, -0.25) is 4.79 Å². The SMILES string of the molecule is Cc1nc(NCc2ccc(F)cc2)cc(C(=O)NCc2ccc(F)cc2)n1. The number of halogens is 2. The molecule has 0 radical (unpaired) electrons. The van der Waals surface area contributed by atoms with Crippen molar-refractivity contribution in [2.75, 3.05) is 5.32 Å². The molecule has 0 unspecified atom stereocenters. The zero-order valence-electron chi connectivity index (χ0n) is 14.7. The Morgan fingerprint density at radius 3 is 2.04 bits per heavy atom. The van der Waals surface area contributed by atoms with Crippen molar-refractivity contribution in [2.24, 2.45) is 0 Å². The Balaban J connectivity index is 1.63. The van der Waals surface area contributed by atoms with Gasteiger partial charge < -0.3 is 10.6 Å². The standard InChI is InChI=1S/C20H18F2N4O/c1-13-25-18(20(27)24-12-15-4-8-17(22)9-5-15)10-19(26-13)23-11-14-2-6-16(21)7-3-14/h2-10H,11-12H2,1H3,(H,24,27)(H,23,25,26). The van der Waals surface area contributed by atoms with Gasteiger partial charge in [-0.2, -0.15) is 0 Å². The Morgan fingerprint density at radius 2 is 1.44 bits per heavy atom. The van der Waals surface area contributed by atoms with E-state index in [0.717, 1.165) is 11.1 Å². The molecule has 1 heterocycles. The van der Waals surface area contributed by atoms with Gasteiger partial charge in [-0.1, -0.05) is 24.3 Å². The Kier molecular flexibility index (Phi) is 5.71. The summed E-state index contributed by atoms with van der Waals surface area (Å²) in [4.78, 5) is 20.8. The van der Waals surface area contributed by atoms with Crippen molar-refractivity contribution in [3.8, 4) is 0 Å². The minimum absolute atomic E-state index is 0.228. The van der Waals surface area contributed by atoms with Crippen molar-refractivity contribution in [2.45, 2.75) is 20.0 Å². The highest BCUT2D eigenvalue weighted by Gasteiger charge is 2.10. The molecular formula is C20H18F2N4O. The van der Waals surface area contributed by atoms with E-state index in [9.17, 15) is 13.6 Å². The fourth-order valence-corrected chi connectivity index (χ4v) is 2.44. The molecule has 0 saturated heterocycles. The number of anilines is 1. The van der Waals surface area contributed by atoms with Gasteiger partial charge in [0.2, 0.25) is 0 Å². The summed E-state index contributed by atoms with van der Waals surface area (Å²) in [5, 5.41) is 5.85. The Labute approximate surface area is 155 Å². The van der Waals surface area contributed by atoms with Gasteiger partial charge in [0.05, 0.1) is 0 Å². The highest BCUT2D eigenvalue weighted by atomic mass is 19.1. The monoisotopic (exact) mass is 368 g/mol. The summed E-state index contributed by atoms with van der Waals surface area (Å²) < 4.78 is 25.9. The molecule has 138 valence electrons. The maximum Gasteiger partial charge on any atom is 0.270 e. The second-order valence-electron chi connectivity index (χ2n) is 5.97. The van der Waals surface area contributed by atoms with Crippen LogP contribution in [0.2, 0.25) is 0 Å². The fraction of sp³-hybridized carbons (Fsp3) is 0.150. The summed E-state index contributed by atoms with van der Waals surface area (Å²) in [6, 6.07) is 13.6. The lowest BCUT2D eigenvalue weighted by molar-refractivity contribution is 0.0945. The number of aromatic nitrogens is 2. The number of amides is 1. The average molecular weight is 368 g/mol. The largest absolute Gasteiger partial charge is 0.366 e. The molecule has 7 heteroatoms. The first-order valence-electron chi connectivity index (χ1n) is 8.36. The third kappa shape index (κ3) is 5.31. The number of hydrogen-bond donors (Lipinski definition) is 2. The van der Waals surface area contributed by atoms with E-state index < -0.39 is 0 Å². The molecule has 1 aromatic heterocycles. The smallest absolute Gasteiger partial charge is 0.270 e. The summed E-state index contributed by atoms with van der Waals surface area (Å²) in [5.41, 5.74) is 1.89. The van der Waals surface area contributed by atoms with Crippen molar-refractivity contribution >= 4 is 11.7 Å². The second kappa shape index (κ2) is 8.35. The van der Waals surface area contributed by atoms with Crippen LogP contribution in [0.4, 0.5) is 14.6 Å². The molecule has 2 N–H and O–H groups in total. The van der Waals surface area contributed by atoms with Gasteiger partial charge in [-0.15, -0.1) is 0 Å². The molecule has 0 bridgehead atoms. The van der Waals surface area contributed by atoms with Crippen LogP contribution in [0.5, 0.6) is 0 Å². The van der Waals surface area contributed by atoms with Crippen LogP contribution in [0.3, 0.4) is 0 Å². The molecule has 0 aliphatic heterocycles. The lowest BCUT2D eigenvalue weighted by Crippen LogP contribution is -2.24. The molecule has 3 rings (SSSR count). The molecule has 0 atom stereocenters. The number of carbonyl (C=O) groups is 1. The van der Waals surface area contributed by atoms with Crippen LogP contribution in [0, 0.1) is 18.6 Å². The van der Waals surface area contributed by atoms with E-state index in [-0.39, 0.29) is 29.8 Å². The summed E-state index contributed by atoms with van der Waals surface area (Å²) >= 11 is 0. The Hall–Kier alpha value is -3.35. The van der Waals surface area contributed by atoms with Gasteiger partial charge in [0.1, 0.15) is 29.0 Å². The quantitative estimate of drug-likeness (QED) is 0.698. The first-order valence-corrected chi connectivity index (χ1v) is 8.36. The third-order valence-corrected chi connectivity index (χ3v) is 3.82. The maximum atomic E-state index is 13.0. The van der Waals surface area contributed by atoms with Crippen LogP contribution >= 0.6 is 0 Å². The Morgan fingerprint density at radius 1 is 0.889 bits per heavy atom. The molecule has 1 amide bonds. The van der Waals surface area contributed by atoms with Crippen molar-refractivity contribution in [3.05, 3.63) is 88.9 Å². The van der Waals surface area contributed by atoms with Gasteiger partial charge in [0, 0.05) is 19.2 Å². The van der Waals surface area contributed by atoms with Gasteiger partial charge in [0.25, 0.3) is 5.91 Å². The minimum atomic E-state index is -0.352. The van der Waals surface area contributed by atoms with Gasteiger partial charge >= 0.3 is 0 Å². The predicted octanol–water partition coefficient (Wildman–Crippen LogP) is 3.61. The number of benzene rings is 2. The van der Waals surface area contributed by atoms with Crippen LogP contribution in [-0.2, 0) is 13.1 Å². The Bertz CT molecular complexity index is 928. The van der Waals surface area contributed by atoms with Gasteiger partial charge in [-0.25, -0.2) is 18.7 Å². The predicted molar refractivity (Wildman–Crippen MR) is 98.1 cm³/mol. The minimum Gasteiger partial charge on any atom is -0.366 e. The van der Waals surface area contributed by atoms with Gasteiger partial charge in [0.15, 0.2) is 0 Å². The summed E-state index contributed by atoms with van der Waals surface area (Å²) in [6.45, 7) is 2.40. The van der Waals surface area contributed by atoms with E-state index in [1.54, 1.807) is 37.3 Å². The van der Waals surface area contributed by atoms with E-state index in [2.05, 4.69) is 20.6 Å². The van der Waals surface area contributed by atoms with Crippen LogP contribution in [0.15, 0.2) is 54.6 Å². The number of hydrogen-bond acceptors (Lipinski definition) is 4. The average Bonchev–Trinajstić information content (AvgIpc) is 2.66. The third-order valence-electron chi connectivity index (χ3n) is 3.82. The molecule has 27 heavy (non-hydrogen) atoms. The summed E-state index contributed by atoms with van der Waals surface area (Å²) in [6.07, 6.45) is 0. The normalized spacial score (nSPS) is 10.5. The lowest BCUT2D eigenvalue weighted by atomic mass is 10.2. The van der Waals surface area contributed by atoms with Gasteiger partial charge in [-0.05, 0) is 42.3 Å². The molecule has 0 aliphatic carbocycles. The number of carbonyl (C=O) groups excluding carboxylic acids is 1. The molecular weight excluding hydrogens is 350 g/mol. The zero-order chi connectivity index (χ0) is 19.2. The molecule has 0 saturated carbocycles. The number of nitrogens with zero attached hydrogens (tertiary/aromatic N) is 2. The topological polar surface area (TPSA) is 66.9 Å². The van der Waals surface area contributed by atoms with E-state index in [1.807, 2.05) is 0 Å². The molecule has 3 aromatic rings. The van der Waals surface area contributed by atoms with Crippen molar-refractivity contribution in [1.29, 1.82) is 0 Å². The highest BCUT2D eigenvalue weighted by Crippen LogP contribution is 2.10. The van der Waals surface area contributed by atoms with E-state index in [4.69, 9.17) is 0 Å². The zero-order valence-corrected chi connectivity index (χ0v) is 14.7. The molecule has 5 nitrogen and oxygen atoms in total.